The van der Waals surface area contributed by atoms with Gasteiger partial charge in [-0.1, -0.05) is 6.92 Å². The van der Waals surface area contributed by atoms with Crippen molar-refractivity contribution in [2.75, 3.05) is 26.3 Å². The van der Waals surface area contributed by atoms with Crippen molar-refractivity contribution in [2.45, 2.75) is 25.8 Å². The summed E-state index contributed by atoms with van der Waals surface area (Å²) in [6.45, 7) is 5.17. The highest BCUT2D eigenvalue weighted by Gasteiger charge is 2.27. The Morgan fingerprint density at radius 1 is 1.53 bits per heavy atom. The van der Waals surface area contributed by atoms with Crippen LogP contribution in [0.15, 0.2) is 0 Å². The summed E-state index contributed by atoms with van der Waals surface area (Å²) in [5, 5.41) is 3.20. The molecule has 1 aliphatic rings. The summed E-state index contributed by atoms with van der Waals surface area (Å²) >= 11 is 0. The van der Waals surface area contributed by atoms with Gasteiger partial charge in [-0.2, -0.15) is 0 Å². The van der Waals surface area contributed by atoms with E-state index >= 15 is 0 Å². The molecule has 0 aromatic heterocycles. The fourth-order valence-electron chi connectivity index (χ4n) is 1.67. The Balaban J connectivity index is 2.21. The van der Waals surface area contributed by atoms with Crippen LogP contribution >= 0.6 is 0 Å². The molecule has 0 aliphatic carbocycles. The maximum absolute atomic E-state index is 10.7. The van der Waals surface area contributed by atoms with E-state index in [1.807, 2.05) is 0 Å². The second-order valence-electron chi connectivity index (χ2n) is 4.56. The summed E-state index contributed by atoms with van der Waals surface area (Å²) in [6.07, 6.45) is 2.09. The Morgan fingerprint density at radius 2 is 2.13 bits per heavy atom. The Labute approximate surface area is 90.5 Å². The largest absolute Gasteiger partial charge is 0.381 e. The first-order valence-corrected chi connectivity index (χ1v) is 5.37. The van der Waals surface area contributed by atoms with Crippen molar-refractivity contribution in [1.82, 2.24) is 5.32 Å². The van der Waals surface area contributed by atoms with Crippen LogP contribution in [-0.2, 0) is 9.53 Å². The summed E-state index contributed by atoms with van der Waals surface area (Å²) in [4.78, 5) is 10.7. The van der Waals surface area contributed by atoms with E-state index in [9.17, 15) is 4.79 Å². The van der Waals surface area contributed by atoms with Gasteiger partial charge in [0.2, 0.25) is 5.91 Å². The van der Waals surface area contributed by atoms with Crippen molar-refractivity contribution in [1.29, 1.82) is 0 Å². The Bertz CT molecular complexity index is 215. The molecule has 1 fully saturated rings. The van der Waals surface area contributed by atoms with E-state index in [2.05, 4.69) is 12.2 Å². The SMILES string of the molecule is CC1(CNCC(N)C(N)=O)CCOCC1. The van der Waals surface area contributed by atoms with E-state index in [1.165, 1.54) is 0 Å². The molecule has 0 spiro atoms. The van der Waals surface area contributed by atoms with Crippen LogP contribution in [0.3, 0.4) is 0 Å². The van der Waals surface area contributed by atoms with Crippen LogP contribution in [0.5, 0.6) is 0 Å². The van der Waals surface area contributed by atoms with E-state index in [-0.39, 0.29) is 5.41 Å². The van der Waals surface area contributed by atoms with Gasteiger partial charge in [0.05, 0.1) is 6.04 Å². The van der Waals surface area contributed by atoms with Crippen molar-refractivity contribution in [3.05, 3.63) is 0 Å². The number of ether oxygens (including phenoxy) is 1. The highest BCUT2D eigenvalue weighted by atomic mass is 16.5. The number of primary amides is 1. The van der Waals surface area contributed by atoms with E-state index in [0.717, 1.165) is 32.6 Å². The van der Waals surface area contributed by atoms with Gasteiger partial charge in [-0.15, -0.1) is 0 Å². The highest BCUT2D eigenvalue weighted by Crippen LogP contribution is 2.28. The first kappa shape index (κ1) is 12.4. The summed E-state index contributed by atoms with van der Waals surface area (Å²) in [5.74, 6) is -0.459. The predicted molar refractivity (Wildman–Crippen MR) is 58.2 cm³/mol. The summed E-state index contributed by atoms with van der Waals surface area (Å²) < 4.78 is 5.30. The fraction of sp³-hybridized carbons (Fsp3) is 0.900. The monoisotopic (exact) mass is 215 g/mol. The molecule has 1 saturated heterocycles. The lowest BCUT2D eigenvalue weighted by Crippen LogP contribution is -2.47. The van der Waals surface area contributed by atoms with Crippen LogP contribution in [-0.4, -0.2) is 38.3 Å². The molecule has 1 heterocycles. The number of carbonyl (C=O) groups excluding carboxylic acids is 1. The zero-order valence-electron chi connectivity index (χ0n) is 9.29. The molecule has 0 aromatic carbocycles. The Hall–Kier alpha value is -0.650. The zero-order valence-corrected chi connectivity index (χ0v) is 9.29. The van der Waals surface area contributed by atoms with E-state index in [4.69, 9.17) is 16.2 Å². The first-order chi connectivity index (χ1) is 7.03. The van der Waals surface area contributed by atoms with Crippen molar-refractivity contribution in [3.8, 4) is 0 Å². The maximum Gasteiger partial charge on any atom is 0.235 e. The van der Waals surface area contributed by atoms with Gasteiger partial charge in [-0.25, -0.2) is 0 Å². The molecule has 5 heteroatoms. The van der Waals surface area contributed by atoms with Gasteiger partial charge in [0.1, 0.15) is 0 Å². The number of carbonyl (C=O) groups is 1. The van der Waals surface area contributed by atoms with E-state index in [0.29, 0.717) is 6.54 Å². The van der Waals surface area contributed by atoms with Crippen LogP contribution in [0, 0.1) is 5.41 Å². The number of hydrogen-bond acceptors (Lipinski definition) is 4. The lowest BCUT2D eigenvalue weighted by molar-refractivity contribution is -0.119. The molecule has 0 saturated carbocycles. The topological polar surface area (TPSA) is 90.4 Å². The molecular formula is C10H21N3O2. The highest BCUT2D eigenvalue weighted by molar-refractivity contribution is 5.79. The van der Waals surface area contributed by atoms with Gasteiger partial charge in [-0.3, -0.25) is 4.79 Å². The smallest absolute Gasteiger partial charge is 0.235 e. The molecule has 0 radical (unpaired) electrons. The average molecular weight is 215 g/mol. The van der Waals surface area contributed by atoms with Crippen LogP contribution in [0.1, 0.15) is 19.8 Å². The van der Waals surface area contributed by atoms with Gasteiger partial charge in [-0.05, 0) is 18.3 Å². The molecule has 1 unspecified atom stereocenters. The minimum absolute atomic E-state index is 0.260. The Morgan fingerprint density at radius 3 is 2.67 bits per heavy atom. The molecular weight excluding hydrogens is 194 g/mol. The van der Waals surface area contributed by atoms with Gasteiger partial charge >= 0.3 is 0 Å². The van der Waals surface area contributed by atoms with E-state index < -0.39 is 11.9 Å². The lowest BCUT2D eigenvalue weighted by atomic mass is 9.82. The second kappa shape index (κ2) is 5.44. The molecule has 5 nitrogen and oxygen atoms in total. The molecule has 1 rings (SSSR count). The predicted octanol–water partition coefficient (Wildman–Crippen LogP) is -0.795. The molecule has 88 valence electrons. The standard InChI is InChI=1S/C10H21N3O2/c1-10(2-4-15-5-3-10)7-13-6-8(11)9(12)14/h8,13H,2-7,11H2,1H3,(H2,12,14). The minimum atomic E-state index is -0.589. The first-order valence-electron chi connectivity index (χ1n) is 5.37. The molecule has 0 bridgehead atoms. The second-order valence-corrected chi connectivity index (χ2v) is 4.56. The number of nitrogens with two attached hydrogens (primary N) is 2. The molecule has 5 N–H and O–H groups in total. The van der Waals surface area contributed by atoms with Crippen molar-refractivity contribution < 1.29 is 9.53 Å². The van der Waals surface area contributed by atoms with Gasteiger partial charge in [0.15, 0.2) is 0 Å². The number of hydrogen-bond donors (Lipinski definition) is 3. The van der Waals surface area contributed by atoms with Gasteiger partial charge in [0, 0.05) is 26.3 Å². The van der Waals surface area contributed by atoms with Crippen LogP contribution < -0.4 is 16.8 Å². The van der Waals surface area contributed by atoms with Crippen LogP contribution in [0.4, 0.5) is 0 Å². The third-order valence-corrected chi connectivity index (χ3v) is 2.98. The molecule has 1 aliphatic heterocycles. The minimum Gasteiger partial charge on any atom is -0.381 e. The lowest BCUT2D eigenvalue weighted by Gasteiger charge is -2.33. The zero-order chi connectivity index (χ0) is 11.3. The van der Waals surface area contributed by atoms with Crippen LogP contribution in [0.2, 0.25) is 0 Å². The average Bonchev–Trinajstić information content (AvgIpc) is 2.18. The van der Waals surface area contributed by atoms with Crippen molar-refractivity contribution >= 4 is 5.91 Å². The molecule has 1 atom stereocenters. The Kier molecular flexibility index (Phi) is 4.50. The third kappa shape index (κ3) is 4.15. The van der Waals surface area contributed by atoms with Gasteiger partial charge in [0.25, 0.3) is 0 Å². The number of rotatable bonds is 5. The molecule has 0 aromatic rings. The summed E-state index contributed by atoms with van der Waals surface area (Å²) in [5.41, 5.74) is 10.8. The van der Waals surface area contributed by atoms with Crippen molar-refractivity contribution in [2.24, 2.45) is 16.9 Å². The molecule has 15 heavy (non-hydrogen) atoms. The maximum atomic E-state index is 10.7. The summed E-state index contributed by atoms with van der Waals surface area (Å²) in [7, 11) is 0. The normalized spacial score (nSPS) is 22.3. The van der Waals surface area contributed by atoms with Crippen molar-refractivity contribution in [3.63, 3.8) is 0 Å². The van der Waals surface area contributed by atoms with Gasteiger partial charge < -0.3 is 21.5 Å². The number of nitrogens with one attached hydrogen (secondary N) is 1. The third-order valence-electron chi connectivity index (χ3n) is 2.98. The summed E-state index contributed by atoms with van der Waals surface area (Å²) in [6, 6.07) is -0.589. The quantitative estimate of drug-likeness (QED) is 0.560. The number of amides is 1. The molecule has 1 amide bonds. The van der Waals surface area contributed by atoms with Crippen LogP contribution in [0.25, 0.3) is 0 Å². The fourth-order valence-corrected chi connectivity index (χ4v) is 1.67. The van der Waals surface area contributed by atoms with E-state index in [1.54, 1.807) is 0 Å².